The third-order valence-electron chi connectivity index (χ3n) is 2.71. The highest BCUT2D eigenvalue weighted by atomic mass is 16.6. The van der Waals surface area contributed by atoms with E-state index in [1.165, 1.54) is 24.4 Å². The van der Waals surface area contributed by atoms with Crippen molar-refractivity contribution in [3.8, 4) is 11.8 Å². The van der Waals surface area contributed by atoms with Crippen LogP contribution in [0, 0.1) is 11.3 Å². The molecule has 9 nitrogen and oxygen atoms in total. The number of nitriles is 1. The van der Waals surface area contributed by atoms with Gasteiger partial charge in [-0.3, -0.25) is 0 Å². The van der Waals surface area contributed by atoms with Crippen LogP contribution in [0.1, 0.15) is 37.0 Å². The van der Waals surface area contributed by atoms with Crippen LogP contribution in [0.25, 0.3) is 5.57 Å². The summed E-state index contributed by atoms with van der Waals surface area (Å²) in [5.74, 6) is -0.584. The van der Waals surface area contributed by atoms with E-state index >= 15 is 0 Å². The van der Waals surface area contributed by atoms with Crippen LogP contribution in [0.5, 0.6) is 5.75 Å². The number of esters is 1. The van der Waals surface area contributed by atoms with E-state index in [0.29, 0.717) is 5.69 Å². The number of anilines is 1. The predicted molar refractivity (Wildman–Crippen MR) is 84.7 cm³/mol. The zero-order valence-corrected chi connectivity index (χ0v) is 13.4. The number of allylic oxidation sites excluding steroid dienone is 1. The second-order valence-electron chi connectivity index (χ2n) is 5.78. The van der Waals surface area contributed by atoms with E-state index in [9.17, 15) is 9.90 Å². The number of aromatic nitrogens is 4. The predicted octanol–water partition coefficient (Wildman–Crippen LogP) is 1.84. The fraction of sp³-hybridized carbons (Fsp3) is 0.267. The summed E-state index contributed by atoms with van der Waals surface area (Å²) in [6.07, 6.45) is 1.33. The Labute approximate surface area is 138 Å². The zero-order valence-electron chi connectivity index (χ0n) is 13.4. The summed E-state index contributed by atoms with van der Waals surface area (Å²) in [6, 6.07) is 6.19. The molecule has 0 radical (unpaired) electrons. The van der Waals surface area contributed by atoms with Crippen molar-refractivity contribution in [2.75, 3.05) is 5.32 Å². The Morgan fingerprint density at radius 2 is 2.21 bits per heavy atom. The van der Waals surface area contributed by atoms with E-state index in [0.717, 1.165) is 0 Å². The molecule has 0 aliphatic rings. The largest absolute Gasteiger partial charge is 0.506 e. The van der Waals surface area contributed by atoms with Crippen molar-refractivity contribution in [1.29, 1.82) is 5.26 Å². The molecule has 0 bridgehead atoms. The van der Waals surface area contributed by atoms with Crippen LogP contribution in [0.3, 0.4) is 0 Å². The van der Waals surface area contributed by atoms with Gasteiger partial charge >= 0.3 is 5.97 Å². The third kappa shape index (κ3) is 4.30. The van der Waals surface area contributed by atoms with Gasteiger partial charge in [0, 0.05) is 6.20 Å². The molecule has 0 unspecified atom stereocenters. The Kier molecular flexibility index (Phi) is 4.79. The van der Waals surface area contributed by atoms with Crippen LogP contribution in [0.4, 0.5) is 5.69 Å². The number of phenolic OH excluding ortho intramolecular Hbond substituents is 1. The number of rotatable bonds is 4. The average molecular weight is 328 g/mol. The lowest BCUT2D eigenvalue weighted by Crippen LogP contribution is -2.23. The van der Waals surface area contributed by atoms with Crippen LogP contribution in [0.2, 0.25) is 0 Å². The van der Waals surface area contributed by atoms with Crippen LogP contribution >= 0.6 is 0 Å². The summed E-state index contributed by atoms with van der Waals surface area (Å²) < 4.78 is 5.23. The number of nitrogens with one attached hydrogen (secondary N) is 2. The van der Waals surface area contributed by atoms with E-state index in [1.54, 1.807) is 20.8 Å². The molecule has 0 atom stereocenters. The molecule has 0 amide bonds. The molecule has 2 aromatic rings. The van der Waals surface area contributed by atoms with Crippen LogP contribution in [-0.4, -0.2) is 37.3 Å². The lowest BCUT2D eigenvalue weighted by Gasteiger charge is -2.19. The standard InChI is InChI=1S/C15H16N6O3/c1-15(2,3)24-14(23)9-4-5-11(12(22)6-9)17-8-10(7-16)13-18-20-21-19-13/h4-6,8,17,22H,1-3H3,(H,18,19,20,21). The summed E-state index contributed by atoms with van der Waals surface area (Å²) in [7, 11) is 0. The first kappa shape index (κ1) is 17.0. The van der Waals surface area contributed by atoms with Crippen LogP contribution in [0.15, 0.2) is 24.4 Å². The molecule has 24 heavy (non-hydrogen) atoms. The Morgan fingerprint density at radius 1 is 1.46 bits per heavy atom. The van der Waals surface area contributed by atoms with Gasteiger partial charge in [0.25, 0.3) is 0 Å². The molecule has 2 rings (SSSR count). The molecule has 9 heteroatoms. The Balaban J connectivity index is 2.16. The monoisotopic (exact) mass is 328 g/mol. The Bertz CT molecular complexity index is 800. The van der Waals surface area contributed by atoms with Crippen LogP contribution in [-0.2, 0) is 4.74 Å². The molecule has 0 aliphatic heterocycles. The first-order chi connectivity index (χ1) is 11.3. The number of H-pyrrole nitrogens is 1. The number of carbonyl (C=O) groups is 1. The van der Waals surface area contributed by atoms with Crippen molar-refractivity contribution in [2.45, 2.75) is 26.4 Å². The lowest BCUT2D eigenvalue weighted by atomic mass is 10.1. The molecule has 0 fully saturated rings. The number of hydrogen-bond acceptors (Lipinski definition) is 8. The molecular formula is C15H16N6O3. The van der Waals surface area contributed by atoms with Gasteiger partial charge in [-0.15, -0.1) is 10.2 Å². The highest BCUT2D eigenvalue weighted by Crippen LogP contribution is 2.26. The minimum Gasteiger partial charge on any atom is -0.506 e. The van der Waals surface area contributed by atoms with Gasteiger partial charge in [0.1, 0.15) is 23.0 Å². The maximum atomic E-state index is 12.0. The second kappa shape index (κ2) is 6.78. The van der Waals surface area contributed by atoms with E-state index in [1.807, 2.05) is 6.07 Å². The minimum absolute atomic E-state index is 0.120. The first-order valence-corrected chi connectivity index (χ1v) is 6.97. The van der Waals surface area contributed by atoms with E-state index in [4.69, 9.17) is 10.00 Å². The number of hydrogen-bond donors (Lipinski definition) is 3. The van der Waals surface area contributed by atoms with Gasteiger partial charge in [-0.25, -0.2) is 4.79 Å². The first-order valence-electron chi connectivity index (χ1n) is 6.97. The summed E-state index contributed by atoms with van der Waals surface area (Å²) in [5, 5.41) is 34.8. The van der Waals surface area contributed by atoms with Gasteiger partial charge in [-0.2, -0.15) is 10.5 Å². The van der Waals surface area contributed by atoms with Gasteiger partial charge < -0.3 is 15.2 Å². The van der Waals surface area contributed by atoms with Crippen LogP contribution < -0.4 is 5.32 Å². The molecule has 0 saturated carbocycles. The van der Waals surface area contributed by atoms with Crippen molar-refractivity contribution in [1.82, 2.24) is 20.6 Å². The topological polar surface area (TPSA) is 137 Å². The molecule has 1 aromatic heterocycles. The molecule has 0 aliphatic carbocycles. The lowest BCUT2D eigenvalue weighted by molar-refractivity contribution is 0.00691. The number of phenols is 1. The van der Waals surface area contributed by atoms with Crippen molar-refractivity contribution in [3.63, 3.8) is 0 Å². The number of ether oxygens (including phenoxy) is 1. The molecule has 0 spiro atoms. The third-order valence-corrected chi connectivity index (χ3v) is 2.71. The van der Waals surface area contributed by atoms with Gasteiger partial charge in [-0.1, -0.05) is 0 Å². The maximum absolute atomic E-state index is 12.0. The maximum Gasteiger partial charge on any atom is 0.338 e. The van der Waals surface area contributed by atoms with E-state index in [-0.39, 0.29) is 22.7 Å². The molecule has 1 aromatic carbocycles. The number of nitrogens with zero attached hydrogens (tertiary/aromatic N) is 4. The fourth-order valence-electron chi connectivity index (χ4n) is 1.69. The number of benzene rings is 1. The molecule has 0 saturated heterocycles. The Hall–Kier alpha value is -3.41. The highest BCUT2D eigenvalue weighted by molar-refractivity contribution is 5.91. The normalized spacial score (nSPS) is 11.7. The van der Waals surface area contributed by atoms with Crippen molar-refractivity contribution < 1.29 is 14.6 Å². The molecular weight excluding hydrogens is 312 g/mol. The smallest absolute Gasteiger partial charge is 0.338 e. The summed E-state index contributed by atoms with van der Waals surface area (Å²) in [6.45, 7) is 5.27. The number of carbonyl (C=O) groups excluding carboxylic acids is 1. The van der Waals surface area contributed by atoms with E-state index in [2.05, 4.69) is 25.9 Å². The minimum atomic E-state index is -0.626. The van der Waals surface area contributed by atoms with E-state index < -0.39 is 11.6 Å². The average Bonchev–Trinajstić information content (AvgIpc) is 3.01. The van der Waals surface area contributed by atoms with Gasteiger partial charge in [-0.05, 0) is 44.2 Å². The quantitative estimate of drug-likeness (QED) is 0.439. The summed E-state index contributed by atoms with van der Waals surface area (Å²) >= 11 is 0. The number of tetrazole rings is 1. The van der Waals surface area contributed by atoms with Gasteiger partial charge in [0.05, 0.1) is 11.3 Å². The Morgan fingerprint density at radius 3 is 2.75 bits per heavy atom. The second-order valence-corrected chi connectivity index (χ2v) is 5.78. The fourth-order valence-corrected chi connectivity index (χ4v) is 1.69. The van der Waals surface area contributed by atoms with Crippen molar-refractivity contribution >= 4 is 17.2 Å². The van der Waals surface area contributed by atoms with Crippen molar-refractivity contribution in [2.24, 2.45) is 0 Å². The van der Waals surface area contributed by atoms with Gasteiger partial charge in [0.15, 0.2) is 0 Å². The number of aromatic hydroxyl groups is 1. The summed E-state index contributed by atoms with van der Waals surface area (Å²) in [4.78, 5) is 12.0. The highest BCUT2D eigenvalue weighted by Gasteiger charge is 2.18. The summed E-state index contributed by atoms with van der Waals surface area (Å²) in [5.41, 5.74) is 0.0205. The van der Waals surface area contributed by atoms with Crippen molar-refractivity contribution in [3.05, 3.63) is 35.8 Å². The molecule has 1 heterocycles. The molecule has 3 N–H and O–H groups in total. The zero-order chi connectivity index (χ0) is 17.7. The SMILES string of the molecule is CC(C)(C)OC(=O)c1ccc(NC=C(C#N)c2nn[nH]n2)c(O)c1. The van der Waals surface area contributed by atoms with Gasteiger partial charge in [0.2, 0.25) is 5.82 Å². The number of aromatic amines is 1. The molecule has 124 valence electrons.